The molecule has 0 aliphatic carbocycles. The van der Waals surface area contributed by atoms with E-state index in [1.807, 2.05) is 31.2 Å². The highest BCUT2D eigenvalue weighted by Crippen LogP contribution is 2.22. The van der Waals surface area contributed by atoms with Crippen molar-refractivity contribution in [2.75, 3.05) is 0 Å². The van der Waals surface area contributed by atoms with Crippen molar-refractivity contribution in [3.05, 3.63) is 71.3 Å². The second kappa shape index (κ2) is 6.50. The Morgan fingerprint density at radius 3 is 2.42 bits per heavy atom. The van der Waals surface area contributed by atoms with Crippen molar-refractivity contribution in [1.82, 2.24) is 0 Å². The monoisotopic (exact) mass is 255 g/mol. The molecule has 2 aromatic carbocycles. The Balaban J connectivity index is 2.09. The summed E-state index contributed by atoms with van der Waals surface area (Å²) in [6.07, 6.45) is -0.0693. The minimum absolute atomic E-state index is 0.0366. The Morgan fingerprint density at radius 2 is 1.79 bits per heavy atom. The van der Waals surface area contributed by atoms with Crippen LogP contribution in [0.3, 0.4) is 0 Å². The molecular formula is C17H21NO. The van der Waals surface area contributed by atoms with Gasteiger partial charge >= 0.3 is 0 Å². The quantitative estimate of drug-likeness (QED) is 0.886. The second-order valence-corrected chi connectivity index (χ2v) is 4.99. The van der Waals surface area contributed by atoms with Gasteiger partial charge < -0.3 is 10.5 Å². The van der Waals surface area contributed by atoms with Gasteiger partial charge in [0.2, 0.25) is 0 Å². The van der Waals surface area contributed by atoms with Gasteiger partial charge in [-0.3, -0.25) is 0 Å². The molecule has 2 heteroatoms. The molecule has 0 heterocycles. The average Bonchev–Trinajstić information content (AvgIpc) is 2.40. The van der Waals surface area contributed by atoms with Gasteiger partial charge in [0.15, 0.2) is 0 Å². The van der Waals surface area contributed by atoms with Gasteiger partial charge in [0.25, 0.3) is 0 Å². The highest BCUT2D eigenvalue weighted by Gasteiger charge is 2.16. The lowest BCUT2D eigenvalue weighted by atomic mass is 10.0. The van der Waals surface area contributed by atoms with E-state index in [2.05, 4.69) is 37.3 Å². The van der Waals surface area contributed by atoms with E-state index in [4.69, 9.17) is 10.5 Å². The Labute approximate surface area is 115 Å². The Hall–Kier alpha value is -1.64. The number of rotatable bonds is 5. The number of hydrogen-bond acceptors (Lipinski definition) is 2. The van der Waals surface area contributed by atoms with Crippen LogP contribution in [0.15, 0.2) is 54.6 Å². The highest BCUT2D eigenvalue weighted by molar-refractivity contribution is 5.25. The van der Waals surface area contributed by atoms with Gasteiger partial charge in [0.05, 0.1) is 12.7 Å². The zero-order chi connectivity index (χ0) is 13.7. The minimum atomic E-state index is -0.0693. The molecule has 0 aromatic heterocycles. The van der Waals surface area contributed by atoms with Crippen LogP contribution in [0.1, 0.15) is 29.7 Å². The van der Waals surface area contributed by atoms with Gasteiger partial charge in [0, 0.05) is 6.04 Å². The van der Waals surface area contributed by atoms with Crippen molar-refractivity contribution < 1.29 is 4.74 Å². The van der Waals surface area contributed by atoms with Crippen LogP contribution in [0.5, 0.6) is 0 Å². The van der Waals surface area contributed by atoms with Gasteiger partial charge in [-0.15, -0.1) is 0 Å². The van der Waals surface area contributed by atoms with Crippen LogP contribution < -0.4 is 5.73 Å². The molecule has 0 aliphatic heterocycles. The number of aryl methyl sites for hydroxylation is 1. The molecule has 0 amide bonds. The lowest BCUT2D eigenvalue weighted by Crippen LogP contribution is -2.27. The maximum Gasteiger partial charge on any atom is 0.0977 e. The topological polar surface area (TPSA) is 35.2 Å². The van der Waals surface area contributed by atoms with Crippen LogP contribution in [0.25, 0.3) is 0 Å². The van der Waals surface area contributed by atoms with E-state index in [9.17, 15) is 0 Å². The summed E-state index contributed by atoms with van der Waals surface area (Å²) in [5, 5.41) is 0. The molecule has 0 aliphatic rings. The van der Waals surface area contributed by atoms with Crippen LogP contribution in [-0.4, -0.2) is 6.04 Å². The largest absolute Gasteiger partial charge is 0.367 e. The number of nitrogens with two attached hydrogens (primary N) is 1. The van der Waals surface area contributed by atoms with Crippen molar-refractivity contribution in [1.29, 1.82) is 0 Å². The van der Waals surface area contributed by atoms with E-state index < -0.39 is 0 Å². The molecule has 2 N–H and O–H groups in total. The first-order valence-corrected chi connectivity index (χ1v) is 6.64. The number of ether oxygens (including phenoxy) is 1. The maximum atomic E-state index is 6.06. The van der Waals surface area contributed by atoms with E-state index in [0.29, 0.717) is 6.61 Å². The Kier molecular flexibility index (Phi) is 4.72. The number of hydrogen-bond donors (Lipinski definition) is 1. The van der Waals surface area contributed by atoms with Crippen LogP contribution in [0.4, 0.5) is 0 Å². The molecule has 0 bridgehead atoms. The molecule has 2 aromatic rings. The van der Waals surface area contributed by atoms with E-state index >= 15 is 0 Å². The van der Waals surface area contributed by atoms with Crippen LogP contribution in [0.2, 0.25) is 0 Å². The van der Waals surface area contributed by atoms with Gasteiger partial charge in [-0.1, -0.05) is 60.2 Å². The molecule has 2 atom stereocenters. The van der Waals surface area contributed by atoms with E-state index in [1.165, 1.54) is 11.1 Å². The fraction of sp³-hybridized carbons (Fsp3) is 0.294. The van der Waals surface area contributed by atoms with Crippen molar-refractivity contribution in [2.45, 2.75) is 32.6 Å². The molecule has 0 radical (unpaired) electrons. The van der Waals surface area contributed by atoms with E-state index in [1.54, 1.807) is 0 Å². The summed E-state index contributed by atoms with van der Waals surface area (Å²) in [6.45, 7) is 4.65. The Morgan fingerprint density at radius 1 is 1.05 bits per heavy atom. The smallest absolute Gasteiger partial charge is 0.0977 e. The van der Waals surface area contributed by atoms with Crippen molar-refractivity contribution in [3.8, 4) is 0 Å². The molecular weight excluding hydrogens is 234 g/mol. The molecule has 0 saturated carbocycles. The molecule has 0 fully saturated rings. The zero-order valence-electron chi connectivity index (χ0n) is 11.5. The molecule has 0 saturated heterocycles. The van der Waals surface area contributed by atoms with Gasteiger partial charge in [-0.05, 0) is 25.0 Å². The summed E-state index contributed by atoms with van der Waals surface area (Å²) in [5.41, 5.74) is 9.60. The summed E-state index contributed by atoms with van der Waals surface area (Å²) < 4.78 is 6.01. The van der Waals surface area contributed by atoms with E-state index in [-0.39, 0.29) is 12.1 Å². The molecule has 2 rings (SSSR count). The van der Waals surface area contributed by atoms with Crippen LogP contribution in [0, 0.1) is 6.92 Å². The molecule has 2 nitrogen and oxygen atoms in total. The fourth-order valence-electron chi connectivity index (χ4n) is 2.16. The third-order valence-corrected chi connectivity index (χ3v) is 3.12. The van der Waals surface area contributed by atoms with Gasteiger partial charge in [-0.2, -0.15) is 0 Å². The van der Waals surface area contributed by atoms with Crippen molar-refractivity contribution in [3.63, 3.8) is 0 Å². The second-order valence-electron chi connectivity index (χ2n) is 4.99. The van der Waals surface area contributed by atoms with E-state index in [0.717, 1.165) is 5.56 Å². The summed E-state index contributed by atoms with van der Waals surface area (Å²) in [7, 11) is 0. The van der Waals surface area contributed by atoms with Crippen LogP contribution >= 0.6 is 0 Å². The predicted molar refractivity (Wildman–Crippen MR) is 78.8 cm³/mol. The number of benzene rings is 2. The highest BCUT2D eigenvalue weighted by atomic mass is 16.5. The van der Waals surface area contributed by atoms with Gasteiger partial charge in [0.1, 0.15) is 0 Å². The average molecular weight is 255 g/mol. The predicted octanol–water partition coefficient (Wildman–Crippen LogP) is 3.60. The lowest BCUT2D eigenvalue weighted by molar-refractivity contribution is 0.0259. The first-order chi connectivity index (χ1) is 9.16. The normalized spacial score (nSPS) is 14.1. The molecule has 19 heavy (non-hydrogen) atoms. The van der Waals surface area contributed by atoms with Crippen molar-refractivity contribution >= 4 is 0 Å². The minimum Gasteiger partial charge on any atom is -0.367 e. The fourth-order valence-corrected chi connectivity index (χ4v) is 2.16. The molecule has 0 spiro atoms. The summed E-state index contributed by atoms with van der Waals surface area (Å²) in [5.74, 6) is 0. The molecule has 100 valence electrons. The maximum absolute atomic E-state index is 6.06. The SMILES string of the molecule is Cc1cccc(C(OCc2ccccc2)C(C)N)c1. The third-order valence-electron chi connectivity index (χ3n) is 3.12. The molecule has 2 unspecified atom stereocenters. The van der Waals surface area contributed by atoms with Gasteiger partial charge in [-0.25, -0.2) is 0 Å². The lowest BCUT2D eigenvalue weighted by Gasteiger charge is -2.22. The zero-order valence-corrected chi connectivity index (χ0v) is 11.5. The Bertz CT molecular complexity index is 508. The summed E-state index contributed by atoms with van der Waals surface area (Å²) >= 11 is 0. The van der Waals surface area contributed by atoms with Crippen molar-refractivity contribution in [2.24, 2.45) is 5.73 Å². The first kappa shape index (κ1) is 13.8. The third kappa shape index (κ3) is 3.91. The summed E-state index contributed by atoms with van der Waals surface area (Å²) in [6, 6.07) is 18.5. The standard InChI is InChI=1S/C17H21NO/c1-13-7-6-10-16(11-13)17(14(2)18)19-12-15-8-4-3-5-9-15/h3-11,14,17H,12,18H2,1-2H3. The first-order valence-electron chi connectivity index (χ1n) is 6.64. The summed E-state index contributed by atoms with van der Waals surface area (Å²) in [4.78, 5) is 0. The van der Waals surface area contributed by atoms with Crippen LogP contribution in [-0.2, 0) is 11.3 Å².